The molecule has 0 aromatic heterocycles. The van der Waals surface area contributed by atoms with Crippen LogP contribution in [-0.2, 0) is 14.3 Å². The van der Waals surface area contributed by atoms with Crippen molar-refractivity contribution < 1.29 is 29.6 Å². The van der Waals surface area contributed by atoms with E-state index in [2.05, 4.69) is 20.8 Å². The van der Waals surface area contributed by atoms with E-state index in [1.165, 1.54) is 64.2 Å². The first-order chi connectivity index (χ1) is 19.9. The standard InChI is InChI=1S/C36H58O6/c1-6-7-8-9-10-11-12-13-14-15-16-17-18-19-30(38)42-35-22-26(3)36(41)28(31(35)33(35,4)5)21-27(24-37)23-34(40)29(36)20-25(2)32(34)39/h20-21,26,28-29,31,37,40-41H,6-19,22-24H2,1-5H3/t26-,28+,29?,31-,34-,35+,36-/m1/s1. The number of fused-ring (bicyclic) bond motifs is 5. The summed E-state index contributed by atoms with van der Waals surface area (Å²) in [6.45, 7) is 9.80. The molecule has 238 valence electrons. The number of ketones is 1. The Morgan fingerprint density at radius 1 is 0.929 bits per heavy atom. The number of esters is 1. The smallest absolute Gasteiger partial charge is 0.306 e. The van der Waals surface area contributed by atoms with Crippen LogP contribution in [0.3, 0.4) is 0 Å². The number of aliphatic hydroxyl groups is 3. The lowest BCUT2D eigenvalue weighted by molar-refractivity contribution is -0.187. The zero-order chi connectivity index (χ0) is 30.8. The number of hydrogen-bond acceptors (Lipinski definition) is 6. The molecule has 2 fully saturated rings. The zero-order valence-corrected chi connectivity index (χ0v) is 27.1. The monoisotopic (exact) mass is 586 g/mol. The molecule has 0 spiro atoms. The number of carbonyl (C=O) groups excluding carboxylic acids is 2. The fraction of sp³-hybridized carbons (Fsp3) is 0.833. The molecule has 0 saturated heterocycles. The Morgan fingerprint density at radius 3 is 2.02 bits per heavy atom. The second kappa shape index (κ2) is 13.2. The highest BCUT2D eigenvalue weighted by Gasteiger charge is 2.83. The summed E-state index contributed by atoms with van der Waals surface area (Å²) in [5, 5.41) is 34.2. The van der Waals surface area contributed by atoms with Crippen LogP contribution in [0.2, 0.25) is 0 Å². The van der Waals surface area contributed by atoms with Crippen molar-refractivity contribution in [2.45, 2.75) is 154 Å². The fourth-order valence-corrected chi connectivity index (χ4v) is 9.14. The first kappa shape index (κ1) is 33.4. The van der Waals surface area contributed by atoms with Crippen molar-refractivity contribution in [1.82, 2.24) is 0 Å². The lowest BCUT2D eigenvalue weighted by atomic mass is 9.60. The van der Waals surface area contributed by atoms with Gasteiger partial charge in [-0.25, -0.2) is 0 Å². The van der Waals surface area contributed by atoms with Crippen molar-refractivity contribution >= 4 is 11.8 Å². The van der Waals surface area contributed by atoms with E-state index in [1.54, 1.807) is 13.0 Å². The van der Waals surface area contributed by atoms with Crippen molar-refractivity contribution in [3.8, 4) is 0 Å². The summed E-state index contributed by atoms with van der Waals surface area (Å²) in [7, 11) is 0. The molecule has 7 atom stereocenters. The maximum atomic E-state index is 13.2. The normalized spacial score (nSPS) is 36.3. The van der Waals surface area contributed by atoms with Crippen LogP contribution in [0, 0.1) is 29.1 Å². The van der Waals surface area contributed by atoms with Gasteiger partial charge in [-0.1, -0.05) is 117 Å². The molecule has 4 aliphatic carbocycles. The first-order valence-electron chi connectivity index (χ1n) is 17.1. The number of carbonyl (C=O) groups is 2. The minimum absolute atomic E-state index is 0.00531. The van der Waals surface area contributed by atoms with Crippen LogP contribution in [0.1, 0.15) is 137 Å². The van der Waals surface area contributed by atoms with Gasteiger partial charge in [-0.2, -0.15) is 0 Å². The molecule has 4 rings (SSSR count). The molecule has 1 unspecified atom stereocenters. The molecule has 0 amide bonds. The van der Waals surface area contributed by atoms with Gasteiger partial charge in [0, 0.05) is 36.0 Å². The molecule has 0 heterocycles. The maximum Gasteiger partial charge on any atom is 0.306 e. The fourth-order valence-electron chi connectivity index (χ4n) is 9.14. The maximum absolute atomic E-state index is 13.2. The van der Waals surface area contributed by atoms with E-state index in [-0.39, 0.29) is 42.0 Å². The molecule has 6 nitrogen and oxygen atoms in total. The number of rotatable bonds is 16. The molecule has 0 aromatic rings. The Kier molecular flexibility index (Phi) is 10.5. The van der Waals surface area contributed by atoms with Gasteiger partial charge in [0.1, 0.15) is 11.2 Å². The van der Waals surface area contributed by atoms with Crippen LogP contribution in [0.4, 0.5) is 0 Å². The third-order valence-corrected chi connectivity index (χ3v) is 11.7. The molecule has 0 bridgehead atoms. The van der Waals surface area contributed by atoms with Gasteiger partial charge in [0.25, 0.3) is 0 Å². The Balaban J connectivity index is 1.30. The summed E-state index contributed by atoms with van der Waals surface area (Å²) in [6.07, 6.45) is 20.9. The SMILES string of the molecule is CCCCCCCCCCCCCCCC(=O)O[C@@]12C[C@@H](C)[C@]3(O)C4C=C(C)C(=O)[C@@]4(O)CC(CO)=C[C@H]3[C@@H]1C2(C)C. The van der Waals surface area contributed by atoms with Gasteiger partial charge < -0.3 is 20.1 Å². The largest absolute Gasteiger partial charge is 0.458 e. The summed E-state index contributed by atoms with van der Waals surface area (Å²) in [5.74, 6) is -2.25. The Morgan fingerprint density at radius 2 is 1.48 bits per heavy atom. The highest BCUT2D eigenvalue weighted by molar-refractivity contribution is 6.04. The van der Waals surface area contributed by atoms with Crippen LogP contribution in [0.25, 0.3) is 0 Å². The molecule has 0 aromatic carbocycles. The minimum Gasteiger partial charge on any atom is -0.458 e. The molecular formula is C36H58O6. The summed E-state index contributed by atoms with van der Waals surface area (Å²) in [4.78, 5) is 26.2. The first-order valence-corrected chi connectivity index (χ1v) is 17.1. The third kappa shape index (κ3) is 5.94. The number of aliphatic hydroxyl groups excluding tert-OH is 1. The van der Waals surface area contributed by atoms with E-state index in [1.807, 2.05) is 13.0 Å². The minimum atomic E-state index is -1.76. The number of unbranched alkanes of at least 4 members (excludes halogenated alkanes) is 12. The van der Waals surface area contributed by atoms with Gasteiger partial charge in [-0.3, -0.25) is 9.59 Å². The quantitative estimate of drug-likeness (QED) is 0.102. The van der Waals surface area contributed by atoms with Crippen LogP contribution in [0.5, 0.6) is 0 Å². The van der Waals surface area contributed by atoms with Crippen molar-refractivity contribution in [2.24, 2.45) is 29.1 Å². The second-order valence-corrected chi connectivity index (χ2v) is 14.8. The van der Waals surface area contributed by atoms with Crippen molar-refractivity contribution in [2.75, 3.05) is 6.61 Å². The van der Waals surface area contributed by atoms with E-state index in [4.69, 9.17) is 4.74 Å². The van der Waals surface area contributed by atoms with Gasteiger partial charge in [-0.15, -0.1) is 0 Å². The topological polar surface area (TPSA) is 104 Å². The summed E-state index contributed by atoms with van der Waals surface area (Å²) >= 11 is 0. The van der Waals surface area contributed by atoms with Gasteiger partial charge in [0.2, 0.25) is 0 Å². The molecule has 4 aliphatic rings. The number of hydrogen-bond donors (Lipinski definition) is 3. The predicted octanol–water partition coefficient (Wildman–Crippen LogP) is 6.99. The predicted molar refractivity (Wildman–Crippen MR) is 166 cm³/mol. The van der Waals surface area contributed by atoms with E-state index in [0.29, 0.717) is 24.0 Å². The molecule has 3 N–H and O–H groups in total. The van der Waals surface area contributed by atoms with Crippen LogP contribution >= 0.6 is 0 Å². The average molecular weight is 587 g/mol. The van der Waals surface area contributed by atoms with E-state index in [0.717, 1.165) is 19.3 Å². The number of Topliss-reactive ketones (excluding diaryl/α,β-unsaturated/α-hetero) is 1. The van der Waals surface area contributed by atoms with Crippen LogP contribution in [-0.4, -0.2) is 50.5 Å². The summed E-state index contributed by atoms with van der Waals surface area (Å²) < 4.78 is 6.34. The lowest BCUT2D eigenvalue weighted by Gasteiger charge is -2.50. The Bertz CT molecular complexity index is 1040. The Hall–Kier alpha value is -1.50. The molecule has 42 heavy (non-hydrogen) atoms. The molecule has 0 aliphatic heterocycles. The van der Waals surface area contributed by atoms with E-state index >= 15 is 0 Å². The highest BCUT2D eigenvalue weighted by Crippen LogP contribution is 2.76. The summed E-state index contributed by atoms with van der Waals surface area (Å²) in [5.41, 5.74) is -3.20. The highest BCUT2D eigenvalue weighted by atomic mass is 16.6. The number of ether oxygens (including phenoxy) is 1. The average Bonchev–Trinajstić information content (AvgIpc) is 3.34. The van der Waals surface area contributed by atoms with E-state index in [9.17, 15) is 24.9 Å². The second-order valence-electron chi connectivity index (χ2n) is 14.8. The van der Waals surface area contributed by atoms with E-state index < -0.39 is 28.6 Å². The summed E-state index contributed by atoms with van der Waals surface area (Å²) in [6, 6.07) is 0. The molecular weight excluding hydrogens is 528 g/mol. The van der Waals surface area contributed by atoms with Crippen molar-refractivity contribution in [1.29, 1.82) is 0 Å². The van der Waals surface area contributed by atoms with Gasteiger partial charge in [0.05, 0.1) is 12.2 Å². The van der Waals surface area contributed by atoms with Gasteiger partial charge in [-0.05, 0) is 36.8 Å². The zero-order valence-electron chi connectivity index (χ0n) is 27.1. The van der Waals surface area contributed by atoms with Gasteiger partial charge >= 0.3 is 5.97 Å². The van der Waals surface area contributed by atoms with Gasteiger partial charge in [0.15, 0.2) is 5.78 Å². The molecule has 2 saturated carbocycles. The molecule has 6 heteroatoms. The van der Waals surface area contributed by atoms with Crippen LogP contribution < -0.4 is 0 Å². The van der Waals surface area contributed by atoms with Crippen molar-refractivity contribution in [3.63, 3.8) is 0 Å². The lowest BCUT2D eigenvalue weighted by Crippen LogP contribution is -2.61. The van der Waals surface area contributed by atoms with Crippen LogP contribution in [0.15, 0.2) is 23.3 Å². The van der Waals surface area contributed by atoms with Crippen molar-refractivity contribution in [3.05, 3.63) is 23.3 Å². The third-order valence-electron chi connectivity index (χ3n) is 11.7. The Labute approximate surface area is 254 Å². The molecule has 0 radical (unpaired) electrons.